The monoisotopic (exact) mass is 447 g/mol. The van der Waals surface area contributed by atoms with Gasteiger partial charge in [0.15, 0.2) is 12.1 Å². The summed E-state index contributed by atoms with van der Waals surface area (Å²) < 4.78 is 11.2. The number of carbonyl (C=O) groups excluding carboxylic acids is 1. The van der Waals surface area contributed by atoms with Crippen molar-refractivity contribution in [2.45, 2.75) is 64.8 Å². The Bertz CT molecular complexity index is 961. The molecule has 3 heterocycles. The molecule has 31 heavy (non-hydrogen) atoms. The molecule has 4 aliphatic rings. The van der Waals surface area contributed by atoms with Gasteiger partial charge in [-0.3, -0.25) is 4.79 Å². The summed E-state index contributed by atoms with van der Waals surface area (Å²) in [6.45, 7) is 5.13. The van der Waals surface area contributed by atoms with Gasteiger partial charge in [-0.15, -0.1) is 11.3 Å². The molecule has 168 valence electrons. The number of ether oxygens (including phenoxy) is 1. The van der Waals surface area contributed by atoms with Crippen LogP contribution in [0.15, 0.2) is 4.52 Å². The van der Waals surface area contributed by atoms with Crippen LogP contribution in [-0.2, 0) is 22.6 Å². The molecule has 2 atom stereocenters. The predicted molar refractivity (Wildman–Crippen MR) is 114 cm³/mol. The number of hydrogen-bond acceptors (Lipinski definition) is 8. The number of fused-ring (bicyclic) bond motifs is 4. The van der Waals surface area contributed by atoms with Gasteiger partial charge in [-0.1, -0.05) is 19.0 Å². The van der Waals surface area contributed by atoms with Crippen molar-refractivity contribution in [2.24, 2.45) is 23.7 Å². The molecule has 2 aromatic heterocycles. The van der Waals surface area contributed by atoms with E-state index in [1.807, 2.05) is 13.8 Å². The number of rotatable bonds is 5. The highest BCUT2D eigenvalue weighted by Gasteiger charge is 2.49. The standard InChI is InChI=1S/C22H29N3O5S/c1-10(2)18-23-20(30-25-18)17-13-7-8-29-9-14(13)31-21(17)24-19(26)15-11-3-5-12(6-4-11)16(15)22(27)28/h10-12,15-16,22,27-28H,3-9H2,1-2H3,(H,24,26). The number of hydrogen-bond donors (Lipinski definition) is 3. The highest BCUT2D eigenvalue weighted by atomic mass is 32.1. The number of aromatic nitrogens is 2. The minimum absolute atomic E-state index is 0.137. The Kier molecular flexibility index (Phi) is 5.62. The largest absolute Gasteiger partial charge is 0.376 e. The first-order valence-corrected chi connectivity index (χ1v) is 12.0. The van der Waals surface area contributed by atoms with E-state index < -0.39 is 18.1 Å². The molecule has 0 radical (unpaired) electrons. The van der Waals surface area contributed by atoms with Crippen LogP contribution in [-0.4, -0.2) is 39.2 Å². The van der Waals surface area contributed by atoms with Crippen LogP contribution in [0.1, 0.15) is 61.7 Å². The van der Waals surface area contributed by atoms with Crippen molar-refractivity contribution >= 4 is 22.2 Å². The Morgan fingerprint density at radius 2 is 1.94 bits per heavy atom. The summed E-state index contributed by atoms with van der Waals surface area (Å²) >= 11 is 1.49. The molecule has 3 N–H and O–H groups in total. The van der Waals surface area contributed by atoms with Crippen molar-refractivity contribution < 1.29 is 24.3 Å². The van der Waals surface area contributed by atoms with E-state index in [0.29, 0.717) is 29.9 Å². The molecule has 0 aromatic carbocycles. The first-order chi connectivity index (χ1) is 14.9. The van der Waals surface area contributed by atoms with Crippen molar-refractivity contribution in [1.29, 1.82) is 0 Å². The Balaban J connectivity index is 1.49. The van der Waals surface area contributed by atoms with E-state index in [-0.39, 0.29) is 23.7 Å². The number of aliphatic hydroxyl groups is 2. The molecule has 3 fully saturated rings. The fourth-order valence-electron chi connectivity index (χ4n) is 5.63. The third-order valence-corrected chi connectivity index (χ3v) is 8.28. The highest BCUT2D eigenvalue weighted by molar-refractivity contribution is 7.17. The number of anilines is 1. The van der Waals surface area contributed by atoms with Gasteiger partial charge in [0.25, 0.3) is 5.89 Å². The normalized spacial score (nSPS) is 27.7. The molecular weight excluding hydrogens is 418 g/mol. The maximum atomic E-state index is 13.5. The molecule has 0 spiro atoms. The average molecular weight is 448 g/mol. The molecular formula is C22H29N3O5S. The second-order valence-electron chi connectivity index (χ2n) is 9.30. The maximum absolute atomic E-state index is 13.5. The summed E-state index contributed by atoms with van der Waals surface area (Å²) in [6.07, 6.45) is 3.11. The molecule has 2 unspecified atom stereocenters. The number of nitrogens with zero attached hydrogens (tertiary/aromatic N) is 2. The van der Waals surface area contributed by atoms with E-state index in [0.717, 1.165) is 48.1 Å². The number of nitrogens with one attached hydrogen (secondary N) is 1. The maximum Gasteiger partial charge on any atom is 0.261 e. The summed E-state index contributed by atoms with van der Waals surface area (Å²) in [7, 11) is 0. The zero-order valence-corrected chi connectivity index (χ0v) is 18.7. The lowest BCUT2D eigenvalue weighted by molar-refractivity contribution is -0.165. The second kappa shape index (κ2) is 8.27. The predicted octanol–water partition coefficient (Wildman–Crippen LogP) is 3.30. The van der Waals surface area contributed by atoms with Crippen LogP contribution in [0.4, 0.5) is 5.00 Å². The number of thiophene rings is 1. The minimum atomic E-state index is -1.47. The van der Waals surface area contributed by atoms with Gasteiger partial charge in [0.2, 0.25) is 5.91 Å². The Morgan fingerprint density at radius 1 is 1.19 bits per heavy atom. The van der Waals surface area contributed by atoms with Crippen molar-refractivity contribution in [3.63, 3.8) is 0 Å². The van der Waals surface area contributed by atoms with Crippen LogP contribution >= 0.6 is 11.3 Å². The molecule has 3 saturated carbocycles. The van der Waals surface area contributed by atoms with Crippen LogP contribution in [0, 0.1) is 23.7 Å². The average Bonchev–Trinajstić information content (AvgIpc) is 3.38. The fraction of sp³-hybridized carbons (Fsp3) is 0.682. The van der Waals surface area contributed by atoms with Gasteiger partial charge in [0, 0.05) is 22.6 Å². The third kappa shape index (κ3) is 3.71. The third-order valence-electron chi connectivity index (χ3n) is 7.16. The lowest BCUT2D eigenvalue weighted by atomic mass is 9.58. The van der Waals surface area contributed by atoms with E-state index >= 15 is 0 Å². The van der Waals surface area contributed by atoms with E-state index in [9.17, 15) is 15.0 Å². The van der Waals surface area contributed by atoms with Crippen LogP contribution in [0.5, 0.6) is 0 Å². The summed E-state index contributed by atoms with van der Waals surface area (Å²) in [5.74, 6) is 0.614. The van der Waals surface area contributed by atoms with Gasteiger partial charge in [0.1, 0.15) is 5.00 Å². The Hall–Kier alpha value is -1.81. The number of amides is 1. The lowest BCUT2D eigenvalue weighted by Crippen LogP contribution is -2.50. The topological polar surface area (TPSA) is 118 Å². The molecule has 8 nitrogen and oxygen atoms in total. The molecule has 3 aliphatic carbocycles. The van der Waals surface area contributed by atoms with Crippen molar-refractivity contribution in [2.75, 3.05) is 11.9 Å². The Labute approximate surface area is 185 Å². The zero-order valence-electron chi connectivity index (χ0n) is 17.8. The van der Waals surface area contributed by atoms with E-state index in [2.05, 4.69) is 15.5 Å². The smallest absolute Gasteiger partial charge is 0.261 e. The molecule has 6 rings (SSSR count). The van der Waals surface area contributed by atoms with E-state index in [1.165, 1.54) is 11.3 Å². The minimum Gasteiger partial charge on any atom is -0.376 e. The van der Waals surface area contributed by atoms with Gasteiger partial charge in [0.05, 0.1) is 18.8 Å². The summed E-state index contributed by atoms with van der Waals surface area (Å²) in [4.78, 5) is 19.1. The molecule has 2 aromatic rings. The highest BCUT2D eigenvalue weighted by Crippen LogP contribution is 2.51. The first-order valence-electron chi connectivity index (χ1n) is 11.2. The van der Waals surface area contributed by atoms with E-state index in [4.69, 9.17) is 9.26 Å². The van der Waals surface area contributed by atoms with Gasteiger partial charge in [-0.25, -0.2) is 0 Å². The van der Waals surface area contributed by atoms with Crippen molar-refractivity contribution in [1.82, 2.24) is 10.1 Å². The molecule has 1 aliphatic heterocycles. The van der Waals surface area contributed by atoms with Crippen LogP contribution < -0.4 is 5.32 Å². The van der Waals surface area contributed by atoms with Crippen molar-refractivity contribution in [3.05, 3.63) is 16.3 Å². The fourth-order valence-corrected chi connectivity index (χ4v) is 6.81. The first kappa shape index (κ1) is 21.1. The van der Waals surface area contributed by atoms with Crippen LogP contribution in [0.25, 0.3) is 11.5 Å². The van der Waals surface area contributed by atoms with Crippen molar-refractivity contribution in [3.8, 4) is 11.5 Å². The van der Waals surface area contributed by atoms with Crippen LogP contribution in [0.2, 0.25) is 0 Å². The quantitative estimate of drug-likeness (QED) is 0.602. The zero-order chi connectivity index (χ0) is 21.7. The number of carbonyl (C=O) groups is 1. The van der Waals surface area contributed by atoms with Gasteiger partial charge in [-0.05, 0) is 49.5 Å². The lowest BCUT2D eigenvalue weighted by Gasteiger charge is -2.48. The summed E-state index contributed by atoms with van der Waals surface area (Å²) in [5.41, 5.74) is 1.88. The molecule has 0 saturated heterocycles. The SMILES string of the molecule is CC(C)c1noc(-c2c(NC(=O)C3C4CCC(CC4)C3C(O)O)sc3c2CCOC3)n1. The van der Waals surface area contributed by atoms with E-state index in [1.54, 1.807) is 0 Å². The van der Waals surface area contributed by atoms with Gasteiger partial charge >= 0.3 is 0 Å². The van der Waals surface area contributed by atoms with Gasteiger partial charge in [-0.2, -0.15) is 4.98 Å². The molecule has 9 heteroatoms. The molecule has 1 amide bonds. The molecule has 2 bridgehead atoms. The van der Waals surface area contributed by atoms with Crippen LogP contribution in [0.3, 0.4) is 0 Å². The number of aliphatic hydroxyl groups excluding tert-OH is 1. The Morgan fingerprint density at radius 3 is 2.61 bits per heavy atom. The summed E-state index contributed by atoms with van der Waals surface area (Å²) in [6, 6.07) is 0. The van der Waals surface area contributed by atoms with Gasteiger partial charge < -0.3 is 24.8 Å². The summed E-state index contributed by atoms with van der Waals surface area (Å²) in [5, 5.41) is 28.0. The second-order valence-corrected chi connectivity index (χ2v) is 10.4.